The van der Waals surface area contributed by atoms with Gasteiger partial charge in [0, 0.05) is 13.1 Å². The van der Waals surface area contributed by atoms with Crippen molar-refractivity contribution in [1.82, 2.24) is 4.31 Å². The van der Waals surface area contributed by atoms with Gasteiger partial charge in [-0.05, 0) is 36.5 Å². The number of rotatable bonds is 3. The number of benzene rings is 1. The Balaban J connectivity index is 2.26. The summed E-state index contributed by atoms with van der Waals surface area (Å²) in [4.78, 5) is 0.218. The van der Waals surface area contributed by atoms with E-state index in [0.29, 0.717) is 30.5 Å². The molecular formula is C14H18N2O2S. The molecule has 0 N–H and O–H groups in total. The molecule has 1 aliphatic heterocycles. The van der Waals surface area contributed by atoms with Crippen molar-refractivity contribution >= 4 is 10.0 Å². The van der Waals surface area contributed by atoms with Crippen LogP contribution in [0.1, 0.15) is 25.8 Å². The van der Waals surface area contributed by atoms with Gasteiger partial charge in [0.15, 0.2) is 0 Å². The van der Waals surface area contributed by atoms with Crippen LogP contribution in [0.4, 0.5) is 0 Å². The Hall–Kier alpha value is -1.38. The summed E-state index contributed by atoms with van der Waals surface area (Å²) in [5.74, 6) is 0.916. The van der Waals surface area contributed by atoms with E-state index in [9.17, 15) is 8.42 Å². The minimum Gasteiger partial charge on any atom is -0.207 e. The molecule has 1 saturated heterocycles. The van der Waals surface area contributed by atoms with E-state index in [1.165, 1.54) is 10.4 Å². The Morgan fingerprint density at radius 3 is 2.74 bits per heavy atom. The molecule has 0 radical (unpaired) electrons. The number of nitriles is 1. The lowest BCUT2D eigenvalue weighted by Gasteiger charge is -2.18. The number of sulfonamides is 1. The monoisotopic (exact) mass is 278 g/mol. The van der Waals surface area contributed by atoms with Gasteiger partial charge >= 0.3 is 0 Å². The highest BCUT2D eigenvalue weighted by molar-refractivity contribution is 7.89. The van der Waals surface area contributed by atoms with Crippen LogP contribution in [0.25, 0.3) is 0 Å². The van der Waals surface area contributed by atoms with E-state index >= 15 is 0 Å². The Bertz CT molecular complexity index is 602. The van der Waals surface area contributed by atoms with Crippen LogP contribution >= 0.6 is 0 Å². The van der Waals surface area contributed by atoms with Crippen LogP contribution in [0.15, 0.2) is 29.2 Å². The molecular weight excluding hydrogens is 260 g/mol. The summed E-state index contributed by atoms with van der Waals surface area (Å²) < 4.78 is 26.5. The van der Waals surface area contributed by atoms with E-state index in [1.807, 2.05) is 6.07 Å². The van der Waals surface area contributed by atoms with Gasteiger partial charge in [0.1, 0.15) is 0 Å². The van der Waals surface area contributed by atoms with Gasteiger partial charge in [-0.25, -0.2) is 8.42 Å². The maximum Gasteiger partial charge on any atom is 0.243 e. The average molecular weight is 278 g/mol. The number of hydrogen-bond donors (Lipinski definition) is 0. The van der Waals surface area contributed by atoms with Crippen molar-refractivity contribution in [3.63, 3.8) is 0 Å². The van der Waals surface area contributed by atoms with Crippen LogP contribution in [0.2, 0.25) is 0 Å². The second-order valence-corrected chi connectivity index (χ2v) is 7.23. The molecule has 1 heterocycles. The Labute approximate surface area is 114 Å². The maximum atomic E-state index is 12.5. The largest absolute Gasteiger partial charge is 0.243 e. The standard InChI is InChI=1S/C14H18N2O2S/c1-11(2)13-6-7-16(10-13)19(17,18)14-5-3-4-12(8-14)9-15/h3-5,8,11,13H,6-7,10H2,1-2H3. The first-order chi connectivity index (χ1) is 8.95. The molecule has 0 amide bonds. The van der Waals surface area contributed by atoms with Gasteiger partial charge < -0.3 is 0 Å². The maximum absolute atomic E-state index is 12.5. The molecule has 5 heteroatoms. The van der Waals surface area contributed by atoms with Crippen molar-refractivity contribution < 1.29 is 8.42 Å². The van der Waals surface area contributed by atoms with Gasteiger partial charge in [-0.2, -0.15) is 9.57 Å². The summed E-state index contributed by atoms with van der Waals surface area (Å²) in [6.07, 6.45) is 0.912. The summed E-state index contributed by atoms with van der Waals surface area (Å²) in [6.45, 7) is 5.40. The predicted octanol–water partition coefficient (Wildman–Crippen LogP) is 2.22. The first kappa shape index (κ1) is 14.0. The Morgan fingerprint density at radius 2 is 2.16 bits per heavy atom. The molecule has 1 aromatic rings. The van der Waals surface area contributed by atoms with Crippen LogP contribution < -0.4 is 0 Å². The molecule has 0 saturated carbocycles. The van der Waals surface area contributed by atoms with Crippen molar-refractivity contribution in [3.8, 4) is 6.07 Å². The zero-order chi connectivity index (χ0) is 14.0. The van der Waals surface area contributed by atoms with E-state index in [4.69, 9.17) is 5.26 Å². The summed E-state index contributed by atoms with van der Waals surface area (Å²) >= 11 is 0. The van der Waals surface area contributed by atoms with E-state index in [-0.39, 0.29) is 4.90 Å². The highest BCUT2D eigenvalue weighted by Gasteiger charge is 2.33. The molecule has 0 spiro atoms. The third kappa shape index (κ3) is 2.80. The molecule has 2 rings (SSSR count). The Kier molecular flexibility index (Phi) is 3.93. The lowest BCUT2D eigenvalue weighted by atomic mass is 9.96. The summed E-state index contributed by atoms with van der Waals surface area (Å²) in [6, 6.07) is 8.19. The van der Waals surface area contributed by atoms with Gasteiger partial charge in [-0.15, -0.1) is 0 Å². The van der Waals surface area contributed by atoms with Crippen molar-refractivity contribution in [1.29, 1.82) is 5.26 Å². The van der Waals surface area contributed by atoms with Gasteiger partial charge in [-0.1, -0.05) is 19.9 Å². The molecule has 1 aliphatic rings. The van der Waals surface area contributed by atoms with Crippen molar-refractivity contribution in [2.24, 2.45) is 11.8 Å². The fourth-order valence-electron chi connectivity index (χ4n) is 2.39. The highest BCUT2D eigenvalue weighted by atomic mass is 32.2. The summed E-state index contributed by atoms with van der Waals surface area (Å²) in [5.41, 5.74) is 0.376. The fraction of sp³-hybridized carbons (Fsp3) is 0.500. The quantitative estimate of drug-likeness (QED) is 0.851. The predicted molar refractivity (Wildman–Crippen MR) is 72.9 cm³/mol. The van der Waals surface area contributed by atoms with Crippen LogP contribution in [0, 0.1) is 23.2 Å². The van der Waals surface area contributed by atoms with Crippen LogP contribution in [-0.4, -0.2) is 25.8 Å². The van der Waals surface area contributed by atoms with E-state index in [0.717, 1.165) is 6.42 Å². The second kappa shape index (κ2) is 5.32. The third-order valence-electron chi connectivity index (χ3n) is 3.73. The van der Waals surface area contributed by atoms with E-state index < -0.39 is 10.0 Å². The third-order valence-corrected chi connectivity index (χ3v) is 5.59. The van der Waals surface area contributed by atoms with E-state index in [2.05, 4.69) is 13.8 Å². The van der Waals surface area contributed by atoms with Gasteiger partial charge in [0.2, 0.25) is 10.0 Å². The normalized spacial score (nSPS) is 20.6. The first-order valence-electron chi connectivity index (χ1n) is 6.45. The molecule has 1 fully saturated rings. The molecule has 19 heavy (non-hydrogen) atoms. The summed E-state index contributed by atoms with van der Waals surface area (Å²) in [5, 5.41) is 8.85. The minimum absolute atomic E-state index is 0.218. The van der Waals surface area contributed by atoms with E-state index in [1.54, 1.807) is 18.2 Å². The van der Waals surface area contributed by atoms with Crippen molar-refractivity contribution in [3.05, 3.63) is 29.8 Å². The van der Waals surface area contributed by atoms with Crippen LogP contribution in [0.3, 0.4) is 0 Å². The van der Waals surface area contributed by atoms with Crippen molar-refractivity contribution in [2.45, 2.75) is 25.2 Å². The molecule has 102 valence electrons. The smallest absolute Gasteiger partial charge is 0.207 e. The van der Waals surface area contributed by atoms with Crippen LogP contribution in [-0.2, 0) is 10.0 Å². The molecule has 0 bridgehead atoms. The lowest BCUT2D eigenvalue weighted by molar-refractivity contribution is 0.388. The molecule has 0 aliphatic carbocycles. The average Bonchev–Trinajstić information content (AvgIpc) is 2.89. The fourth-order valence-corrected chi connectivity index (χ4v) is 3.95. The highest BCUT2D eigenvalue weighted by Crippen LogP contribution is 2.28. The molecule has 1 atom stereocenters. The van der Waals surface area contributed by atoms with Crippen molar-refractivity contribution in [2.75, 3.05) is 13.1 Å². The molecule has 0 aromatic heterocycles. The Morgan fingerprint density at radius 1 is 1.42 bits per heavy atom. The van der Waals surface area contributed by atoms with Gasteiger partial charge in [0.05, 0.1) is 16.5 Å². The minimum atomic E-state index is -3.46. The number of hydrogen-bond acceptors (Lipinski definition) is 3. The number of nitrogens with zero attached hydrogens (tertiary/aromatic N) is 2. The molecule has 1 unspecified atom stereocenters. The SMILES string of the molecule is CC(C)C1CCN(S(=O)(=O)c2cccc(C#N)c2)C1. The zero-order valence-corrected chi connectivity index (χ0v) is 12.0. The lowest BCUT2D eigenvalue weighted by Crippen LogP contribution is -2.29. The van der Waals surface area contributed by atoms with Crippen LogP contribution in [0.5, 0.6) is 0 Å². The zero-order valence-electron chi connectivity index (χ0n) is 11.2. The van der Waals surface area contributed by atoms with Gasteiger partial charge in [-0.3, -0.25) is 0 Å². The van der Waals surface area contributed by atoms with Gasteiger partial charge in [0.25, 0.3) is 0 Å². The second-order valence-electron chi connectivity index (χ2n) is 5.30. The topological polar surface area (TPSA) is 61.2 Å². The summed E-state index contributed by atoms with van der Waals surface area (Å²) in [7, 11) is -3.46. The molecule has 4 nitrogen and oxygen atoms in total. The molecule has 1 aromatic carbocycles. The first-order valence-corrected chi connectivity index (χ1v) is 7.89.